The fourth-order valence-electron chi connectivity index (χ4n) is 1.46. The standard InChI is InChI=1S/C13H15F2NO4/c1-4-13(2,20-3)12(19)16-10-5-7(11(17)18)8(14)6-9(10)15/h5-6H,4H2,1-3H3,(H,16,19)(H,17,18). The van der Waals surface area contributed by atoms with Crippen LogP contribution in [-0.2, 0) is 9.53 Å². The van der Waals surface area contributed by atoms with Gasteiger partial charge in [-0.1, -0.05) is 6.92 Å². The Balaban J connectivity index is 3.13. The summed E-state index contributed by atoms with van der Waals surface area (Å²) in [5, 5.41) is 11.0. The molecule has 0 aliphatic heterocycles. The SMILES string of the molecule is CCC(C)(OC)C(=O)Nc1cc(C(=O)O)c(F)cc1F. The second-order valence-corrected chi connectivity index (χ2v) is 4.36. The summed E-state index contributed by atoms with van der Waals surface area (Å²) < 4.78 is 31.8. The molecule has 5 nitrogen and oxygen atoms in total. The second-order valence-electron chi connectivity index (χ2n) is 4.36. The van der Waals surface area contributed by atoms with Crippen molar-refractivity contribution in [3.05, 3.63) is 29.3 Å². The number of rotatable bonds is 5. The monoisotopic (exact) mass is 287 g/mol. The van der Waals surface area contributed by atoms with E-state index in [0.29, 0.717) is 12.5 Å². The van der Waals surface area contributed by atoms with Gasteiger partial charge in [-0.3, -0.25) is 4.79 Å². The molecule has 1 amide bonds. The third-order valence-electron chi connectivity index (χ3n) is 3.14. The average Bonchev–Trinajstić information content (AvgIpc) is 2.40. The van der Waals surface area contributed by atoms with Crippen LogP contribution in [0.3, 0.4) is 0 Å². The molecule has 0 aliphatic carbocycles. The summed E-state index contributed by atoms with van der Waals surface area (Å²) in [6.07, 6.45) is 0.323. The summed E-state index contributed by atoms with van der Waals surface area (Å²) in [6.45, 7) is 3.20. The van der Waals surface area contributed by atoms with E-state index in [1.165, 1.54) is 14.0 Å². The lowest BCUT2D eigenvalue weighted by Gasteiger charge is -2.25. The second kappa shape index (κ2) is 5.96. The highest BCUT2D eigenvalue weighted by molar-refractivity contribution is 5.98. The summed E-state index contributed by atoms with van der Waals surface area (Å²) in [5.41, 5.74) is -2.33. The first-order valence-corrected chi connectivity index (χ1v) is 5.84. The minimum atomic E-state index is -1.55. The molecule has 0 saturated carbocycles. The number of carboxylic acid groups (broad SMARTS) is 1. The number of carboxylic acids is 1. The lowest BCUT2D eigenvalue weighted by molar-refractivity contribution is -0.136. The molecule has 0 radical (unpaired) electrons. The van der Waals surface area contributed by atoms with Crippen LogP contribution in [0, 0.1) is 11.6 Å². The summed E-state index contributed by atoms with van der Waals surface area (Å²) in [5.74, 6) is -4.47. The van der Waals surface area contributed by atoms with E-state index in [9.17, 15) is 18.4 Å². The van der Waals surface area contributed by atoms with Gasteiger partial charge in [0.05, 0.1) is 11.3 Å². The third-order valence-corrected chi connectivity index (χ3v) is 3.14. The first kappa shape index (κ1) is 16.0. The van der Waals surface area contributed by atoms with E-state index in [2.05, 4.69) is 5.32 Å². The highest BCUT2D eigenvalue weighted by Crippen LogP contribution is 2.22. The Kier molecular flexibility index (Phi) is 4.78. The maximum absolute atomic E-state index is 13.6. The van der Waals surface area contributed by atoms with Gasteiger partial charge in [-0.05, 0) is 19.4 Å². The van der Waals surface area contributed by atoms with E-state index in [1.807, 2.05) is 0 Å². The van der Waals surface area contributed by atoms with Crippen LogP contribution >= 0.6 is 0 Å². The number of hydrogen-bond donors (Lipinski definition) is 2. The van der Waals surface area contributed by atoms with Crippen LogP contribution < -0.4 is 5.32 Å². The number of nitrogens with one attached hydrogen (secondary N) is 1. The number of benzene rings is 1. The molecule has 1 aromatic carbocycles. The summed E-state index contributed by atoms with van der Waals surface area (Å²) in [4.78, 5) is 22.8. The number of methoxy groups -OCH3 is 1. The molecule has 1 rings (SSSR count). The molecule has 20 heavy (non-hydrogen) atoms. The number of hydrogen-bond acceptors (Lipinski definition) is 3. The Morgan fingerprint density at radius 3 is 2.40 bits per heavy atom. The van der Waals surface area contributed by atoms with Gasteiger partial charge in [-0.15, -0.1) is 0 Å². The molecule has 1 atom stereocenters. The van der Waals surface area contributed by atoms with Crippen molar-refractivity contribution in [1.82, 2.24) is 0 Å². The normalized spacial score (nSPS) is 13.7. The zero-order valence-corrected chi connectivity index (χ0v) is 11.3. The molecule has 0 heterocycles. The molecule has 0 saturated heterocycles. The van der Waals surface area contributed by atoms with Gasteiger partial charge in [0.1, 0.15) is 17.2 Å². The van der Waals surface area contributed by atoms with Crippen LogP contribution in [0.2, 0.25) is 0 Å². The molecule has 7 heteroatoms. The predicted molar refractivity (Wildman–Crippen MR) is 67.7 cm³/mol. The highest BCUT2D eigenvalue weighted by atomic mass is 19.1. The predicted octanol–water partition coefficient (Wildman–Crippen LogP) is 2.42. The van der Waals surface area contributed by atoms with Gasteiger partial charge in [0, 0.05) is 13.2 Å². The smallest absolute Gasteiger partial charge is 0.338 e. The van der Waals surface area contributed by atoms with Crippen LogP contribution in [-0.4, -0.2) is 29.7 Å². The van der Waals surface area contributed by atoms with Crippen molar-refractivity contribution in [2.24, 2.45) is 0 Å². The van der Waals surface area contributed by atoms with Crippen molar-refractivity contribution in [2.75, 3.05) is 12.4 Å². The van der Waals surface area contributed by atoms with E-state index in [1.54, 1.807) is 6.92 Å². The number of anilines is 1. The van der Waals surface area contributed by atoms with Crippen LogP contribution in [0.15, 0.2) is 12.1 Å². The van der Waals surface area contributed by atoms with Crippen molar-refractivity contribution in [3.63, 3.8) is 0 Å². The van der Waals surface area contributed by atoms with E-state index >= 15 is 0 Å². The van der Waals surface area contributed by atoms with Gasteiger partial charge in [0.2, 0.25) is 0 Å². The van der Waals surface area contributed by atoms with Crippen LogP contribution in [0.5, 0.6) is 0 Å². The number of aromatic carboxylic acids is 1. The Hall–Kier alpha value is -2.02. The number of amides is 1. The van der Waals surface area contributed by atoms with Gasteiger partial charge < -0.3 is 15.2 Å². The maximum atomic E-state index is 13.6. The van der Waals surface area contributed by atoms with Crippen LogP contribution in [0.4, 0.5) is 14.5 Å². The van der Waals surface area contributed by atoms with Crippen molar-refractivity contribution in [3.8, 4) is 0 Å². The number of carbonyl (C=O) groups is 2. The fourth-order valence-corrected chi connectivity index (χ4v) is 1.46. The quantitative estimate of drug-likeness (QED) is 0.872. The first-order valence-electron chi connectivity index (χ1n) is 5.84. The van der Waals surface area contributed by atoms with Crippen molar-refractivity contribution in [2.45, 2.75) is 25.9 Å². The van der Waals surface area contributed by atoms with E-state index in [-0.39, 0.29) is 0 Å². The number of carbonyl (C=O) groups excluding carboxylic acids is 1. The minimum absolute atomic E-state index is 0.323. The zero-order valence-electron chi connectivity index (χ0n) is 11.3. The summed E-state index contributed by atoms with van der Waals surface area (Å²) in [6, 6.07) is 1.14. The highest BCUT2D eigenvalue weighted by Gasteiger charge is 2.31. The van der Waals surface area contributed by atoms with E-state index in [4.69, 9.17) is 9.84 Å². The lowest BCUT2D eigenvalue weighted by Crippen LogP contribution is -2.41. The van der Waals surface area contributed by atoms with Gasteiger partial charge in [-0.2, -0.15) is 0 Å². The van der Waals surface area contributed by atoms with Crippen LogP contribution in [0.25, 0.3) is 0 Å². The molecule has 0 aliphatic rings. The molecule has 0 fully saturated rings. The Morgan fingerprint density at radius 2 is 1.95 bits per heavy atom. The molecule has 1 unspecified atom stereocenters. The molecule has 2 N–H and O–H groups in total. The molecule has 110 valence electrons. The van der Waals surface area contributed by atoms with Gasteiger partial charge in [0.15, 0.2) is 0 Å². The first-order chi connectivity index (χ1) is 9.25. The fraction of sp³-hybridized carbons (Fsp3) is 0.385. The minimum Gasteiger partial charge on any atom is -0.478 e. The van der Waals surface area contributed by atoms with E-state index in [0.717, 1.165) is 6.07 Å². The lowest BCUT2D eigenvalue weighted by atomic mass is 10.0. The third kappa shape index (κ3) is 3.11. The topological polar surface area (TPSA) is 75.6 Å². The van der Waals surface area contributed by atoms with Crippen molar-refractivity contribution < 1.29 is 28.2 Å². The molecule has 0 bridgehead atoms. The van der Waals surface area contributed by atoms with Gasteiger partial charge in [-0.25, -0.2) is 13.6 Å². The number of ether oxygens (including phenoxy) is 1. The molecule has 1 aromatic rings. The summed E-state index contributed by atoms with van der Waals surface area (Å²) in [7, 11) is 1.33. The zero-order chi connectivity index (χ0) is 15.5. The molecule has 0 spiro atoms. The Labute approximate surface area is 114 Å². The Morgan fingerprint density at radius 1 is 1.35 bits per heavy atom. The van der Waals surface area contributed by atoms with Crippen LogP contribution in [0.1, 0.15) is 30.6 Å². The maximum Gasteiger partial charge on any atom is 0.338 e. The van der Waals surface area contributed by atoms with Gasteiger partial charge in [0.25, 0.3) is 5.91 Å². The average molecular weight is 287 g/mol. The molecular formula is C13H15F2NO4. The van der Waals surface area contributed by atoms with Crippen molar-refractivity contribution >= 4 is 17.6 Å². The largest absolute Gasteiger partial charge is 0.478 e. The van der Waals surface area contributed by atoms with E-state index < -0.39 is 40.4 Å². The Bertz CT molecular complexity index is 541. The van der Waals surface area contributed by atoms with Gasteiger partial charge >= 0.3 is 5.97 Å². The molecule has 0 aromatic heterocycles. The molecular weight excluding hydrogens is 272 g/mol. The number of halogens is 2. The summed E-state index contributed by atoms with van der Waals surface area (Å²) >= 11 is 0. The van der Waals surface area contributed by atoms with Crippen molar-refractivity contribution in [1.29, 1.82) is 0 Å².